The molecule has 190 valence electrons. The van der Waals surface area contributed by atoms with E-state index in [4.69, 9.17) is 0 Å². The van der Waals surface area contributed by atoms with Gasteiger partial charge in [-0.1, -0.05) is 0 Å². The number of rotatable bonds is 3. The van der Waals surface area contributed by atoms with E-state index >= 15 is 0 Å². The number of halogens is 3. The van der Waals surface area contributed by atoms with Gasteiger partial charge in [-0.2, -0.15) is 17.5 Å². The quantitative estimate of drug-likeness (QED) is 0.635. The first-order valence-corrected chi connectivity index (χ1v) is 13.4. The summed E-state index contributed by atoms with van der Waals surface area (Å²) >= 11 is 0. The fraction of sp³-hybridized carbons (Fsp3) is 0.542. The van der Waals surface area contributed by atoms with Crippen molar-refractivity contribution in [3.63, 3.8) is 0 Å². The Morgan fingerprint density at radius 1 is 0.886 bits per heavy atom. The normalized spacial score (nSPS) is 21.4. The van der Waals surface area contributed by atoms with Crippen LogP contribution < -0.4 is 0 Å². The van der Waals surface area contributed by atoms with Crippen LogP contribution in [0.4, 0.5) is 13.2 Å². The van der Waals surface area contributed by atoms with E-state index in [1.165, 1.54) is 21.0 Å². The number of sulfonamides is 1. The lowest BCUT2D eigenvalue weighted by atomic mass is 9.81. The highest BCUT2D eigenvalue weighted by atomic mass is 32.2. The molecule has 1 aromatic heterocycles. The third-order valence-corrected chi connectivity index (χ3v) is 9.73. The molecule has 0 aliphatic carbocycles. The molecular weight excluding hydrogens is 481 g/mol. The van der Waals surface area contributed by atoms with Crippen molar-refractivity contribution in [3.8, 4) is 0 Å². The van der Waals surface area contributed by atoms with Crippen molar-refractivity contribution >= 4 is 15.9 Å². The lowest BCUT2D eigenvalue weighted by Gasteiger charge is -2.50. The van der Waals surface area contributed by atoms with Gasteiger partial charge in [0.1, 0.15) is 5.69 Å². The van der Waals surface area contributed by atoms with E-state index in [2.05, 4.69) is 4.90 Å². The molecule has 0 bridgehead atoms. The van der Waals surface area contributed by atoms with Crippen LogP contribution in [-0.4, -0.2) is 72.8 Å². The van der Waals surface area contributed by atoms with Crippen molar-refractivity contribution in [2.45, 2.75) is 48.8 Å². The standard InChI is InChI=1S/C24H29F3N4O3S/c1-28-16-17-31-20(8-9-21(31)24(25,26)27)23(28)10-14-29(15-11-23)22(32)18-4-6-19(7-5-18)35(33,34)30-12-2-3-13-30/h4-9H,2-3,10-17H2,1H3. The molecule has 4 heterocycles. The number of carbonyl (C=O) groups is 1. The first kappa shape index (κ1) is 24.3. The number of likely N-dealkylation sites (N-methyl/N-ethyl adjacent to an activating group) is 1. The number of aromatic nitrogens is 1. The summed E-state index contributed by atoms with van der Waals surface area (Å²) in [5.41, 5.74) is -0.114. The summed E-state index contributed by atoms with van der Waals surface area (Å²) in [7, 11) is -1.62. The number of amides is 1. The van der Waals surface area contributed by atoms with Crippen LogP contribution in [0.5, 0.6) is 0 Å². The van der Waals surface area contributed by atoms with Gasteiger partial charge in [-0.25, -0.2) is 8.42 Å². The van der Waals surface area contributed by atoms with Crippen LogP contribution in [0.1, 0.15) is 47.4 Å². The Bertz CT molecular complexity index is 1210. The first-order chi connectivity index (χ1) is 16.5. The van der Waals surface area contributed by atoms with Crippen LogP contribution in [0.25, 0.3) is 0 Å². The fourth-order valence-electron chi connectivity index (χ4n) is 5.77. The molecule has 2 saturated heterocycles. The second-order valence-corrected chi connectivity index (χ2v) is 11.6. The van der Waals surface area contributed by atoms with Crippen molar-refractivity contribution in [1.82, 2.24) is 18.7 Å². The highest BCUT2D eigenvalue weighted by molar-refractivity contribution is 7.89. The third-order valence-electron chi connectivity index (χ3n) is 7.82. The molecule has 3 aliphatic heterocycles. The van der Waals surface area contributed by atoms with Crippen molar-refractivity contribution in [2.75, 3.05) is 39.8 Å². The van der Waals surface area contributed by atoms with Gasteiger partial charge in [0.05, 0.1) is 10.4 Å². The number of alkyl halides is 3. The van der Waals surface area contributed by atoms with Gasteiger partial charge in [0.15, 0.2) is 0 Å². The molecule has 3 aliphatic rings. The highest BCUT2D eigenvalue weighted by Crippen LogP contribution is 2.44. The maximum Gasteiger partial charge on any atom is 0.431 e. The second kappa shape index (κ2) is 8.63. The minimum Gasteiger partial charge on any atom is -0.338 e. The zero-order chi connectivity index (χ0) is 25.0. The summed E-state index contributed by atoms with van der Waals surface area (Å²) in [6.45, 7) is 2.63. The van der Waals surface area contributed by atoms with E-state index in [0.29, 0.717) is 56.8 Å². The Kier molecular flexibility index (Phi) is 6.00. The topological polar surface area (TPSA) is 65.9 Å². The summed E-state index contributed by atoms with van der Waals surface area (Å²) < 4.78 is 68.8. The minimum atomic E-state index is -4.40. The number of hydrogen-bond acceptors (Lipinski definition) is 4. The van der Waals surface area contributed by atoms with Crippen LogP contribution in [0, 0.1) is 0 Å². The molecule has 1 spiro atoms. The average molecular weight is 511 g/mol. The summed E-state index contributed by atoms with van der Waals surface area (Å²) in [4.78, 5) is 17.1. The zero-order valence-corrected chi connectivity index (χ0v) is 20.4. The van der Waals surface area contributed by atoms with Crippen molar-refractivity contribution in [3.05, 3.63) is 53.3 Å². The molecule has 0 unspecified atom stereocenters. The Hall–Kier alpha value is -2.37. The van der Waals surface area contributed by atoms with Gasteiger partial charge in [0.2, 0.25) is 10.0 Å². The number of likely N-dealkylation sites (tertiary alicyclic amines) is 1. The van der Waals surface area contributed by atoms with Gasteiger partial charge >= 0.3 is 6.18 Å². The predicted octanol–water partition coefficient (Wildman–Crippen LogP) is 3.37. The van der Waals surface area contributed by atoms with Crippen LogP contribution in [0.3, 0.4) is 0 Å². The Morgan fingerprint density at radius 3 is 2.11 bits per heavy atom. The van der Waals surface area contributed by atoms with Crippen molar-refractivity contribution < 1.29 is 26.4 Å². The average Bonchev–Trinajstić information content (AvgIpc) is 3.53. The molecular formula is C24H29F3N4O3S. The molecule has 11 heteroatoms. The predicted molar refractivity (Wildman–Crippen MR) is 123 cm³/mol. The highest BCUT2D eigenvalue weighted by Gasteiger charge is 2.47. The molecule has 1 amide bonds. The first-order valence-electron chi connectivity index (χ1n) is 11.9. The van der Waals surface area contributed by atoms with Gasteiger partial charge in [-0.3, -0.25) is 9.69 Å². The molecule has 5 rings (SSSR count). The van der Waals surface area contributed by atoms with E-state index in [1.807, 2.05) is 7.05 Å². The number of hydrogen-bond donors (Lipinski definition) is 0. The molecule has 35 heavy (non-hydrogen) atoms. The number of piperidine rings is 1. The Labute approximate surface area is 203 Å². The number of fused-ring (bicyclic) bond motifs is 2. The summed E-state index contributed by atoms with van der Waals surface area (Å²) in [5.74, 6) is -0.199. The maximum atomic E-state index is 13.5. The largest absolute Gasteiger partial charge is 0.431 e. The molecule has 2 aromatic rings. The van der Waals surface area contributed by atoms with E-state index in [-0.39, 0.29) is 17.3 Å². The summed E-state index contributed by atoms with van der Waals surface area (Å²) in [5, 5.41) is 0. The number of nitrogens with zero attached hydrogens (tertiary/aromatic N) is 4. The van der Waals surface area contributed by atoms with Crippen molar-refractivity contribution in [2.24, 2.45) is 0 Å². The summed E-state index contributed by atoms with van der Waals surface area (Å²) in [6.07, 6.45) is -1.65. The van der Waals surface area contributed by atoms with Crippen molar-refractivity contribution in [1.29, 1.82) is 0 Å². The van der Waals surface area contributed by atoms with E-state index in [1.54, 1.807) is 23.1 Å². The third kappa shape index (κ3) is 4.07. The Morgan fingerprint density at radius 2 is 1.51 bits per heavy atom. The van der Waals surface area contributed by atoms with E-state index in [9.17, 15) is 26.4 Å². The lowest BCUT2D eigenvalue weighted by Crippen LogP contribution is -2.56. The molecule has 0 radical (unpaired) electrons. The molecule has 1 aromatic carbocycles. The Balaban J connectivity index is 1.31. The molecule has 0 saturated carbocycles. The molecule has 0 atom stereocenters. The molecule has 2 fully saturated rings. The van der Waals surface area contributed by atoms with Gasteiger partial charge < -0.3 is 9.47 Å². The maximum absolute atomic E-state index is 13.5. The molecule has 7 nitrogen and oxygen atoms in total. The van der Waals surface area contributed by atoms with Crippen LogP contribution in [0.2, 0.25) is 0 Å². The van der Waals surface area contributed by atoms with Gasteiger partial charge in [-0.15, -0.1) is 0 Å². The van der Waals surface area contributed by atoms with E-state index < -0.39 is 27.4 Å². The number of carbonyl (C=O) groups excluding carboxylic acids is 1. The molecule has 0 N–H and O–H groups in total. The second-order valence-electron chi connectivity index (χ2n) is 9.63. The SMILES string of the molecule is CN1CCn2c(C(F)(F)F)ccc2C12CCN(C(=O)c1ccc(S(=O)(=O)N3CCCC3)cc1)CC2. The fourth-order valence-corrected chi connectivity index (χ4v) is 7.29. The number of benzene rings is 1. The van der Waals surface area contributed by atoms with Crippen LogP contribution in [0.15, 0.2) is 41.3 Å². The zero-order valence-electron chi connectivity index (χ0n) is 19.6. The van der Waals surface area contributed by atoms with Crippen LogP contribution >= 0.6 is 0 Å². The summed E-state index contributed by atoms with van der Waals surface area (Å²) in [6, 6.07) is 8.78. The lowest BCUT2D eigenvalue weighted by molar-refractivity contribution is -0.144. The monoisotopic (exact) mass is 510 g/mol. The van der Waals surface area contributed by atoms with E-state index in [0.717, 1.165) is 18.9 Å². The van der Waals surface area contributed by atoms with Gasteiger partial charge in [0.25, 0.3) is 5.91 Å². The van der Waals surface area contributed by atoms with Gasteiger partial charge in [0, 0.05) is 50.5 Å². The minimum absolute atomic E-state index is 0.179. The van der Waals surface area contributed by atoms with Crippen LogP contribution in [-0.2, 0) is 28.3 Å². The van der Waals surface area contributed by atoms with Gasteiger partial charge in [-0.05, 0) is 69.1 Å². The smallest absolute Gasteiger partial charge is 0.338 e.